The second-order valence-electron chi connectivity index (χ2n) is 9.58. The summed E-state index contributed by atoms with van der Waals surface area (Å²) in [6.07, 6.45) is -4.08. The van der Waals surface area contributed by atoms with E-state index in [0.717, 1.165) is 48.9 Å². The summed E-state index contributed by atoms with van der Waals surface area (Å²) in [5.41, 5.74) is 0.762. The van der Waals surface area contributed by atoms with Crippen molar-refractivity contribution in [3.63, 3.8) is 0 Å². The minimum absolute atomic E-state index is 0.0168. The van der Waals surface area contributed by atoms with Crippen molar-refractivity contribution in [3.8, 4) is 17.6 Å². The summed E-state index contributed by atoms with van der Waals surface area (Å²) in [7, 11) is -4.54. The van der Waals surface area contributed by atoms with Gasteiger partial charge in [0.25, 0.3) is 10.0 Å². The van der Waals surface area contributed by atoms with Crippen molar-refractivity contribution in [1.29, 1.82) is 0 Å². The van der Waals surface area contributed by atoms with Crippen LogP contribution in [-0.2, 0) is 26.0 Å². The molecule has 0 unspecified atom stereocenters. The van der Waals surface area contributed by atoms with Gasteiger partial charge >= 0.3 is 6.18 Å². The number of carbonyl (C=O) groups excluding carboxylic acids is 1. The van der Waals surface area contributed by atoms with E-state index in [-0.39, 0.29) is 41.1 Å². The van der Waals surface area contributed by atoms with Crippen molar-refractivity contribution in [3.05, 3.63) is 46.6 Å². The Hall–Kier alpha value is -3.58. The fourth-order valence-electron chi connectivity index (χ4n) is 4.48. The standard InChI is InChI=1S/C28H29F4N3O6S2/c1-17(37)35-43(38,39)26-15-24(41-13-10-36)23(14-21(26)29)33-9-3-6-25-20(16-28(30,31)32)19-4-2-5-22(27(19)42-25)34-18-7-11-40-12-8-18/h2,4-5,14-15,18,33-34,36H,7-13,16H2,1H3,(H,35,37). The van der Waals surface area contributed by atoms with Crippen molar-refractivity contribution < 1.29 is 45.4 Å². The lowest BCUT2D eigenvalue weighted by molar-refractivity contribution is -0.127. The minimum Gasteiger partial charge on any atom is -0.489 e. The predicted octanol–water partition coefficient (Wildman–Crippen LogP) is 4.40. The predicted molar refractivity (Wildman–Crippen MR) is 154 cm³/mol. The topological polar surface area (TPSA) is 126 Å². The van der Waals surface area contributed by atoms with Crippen molar-refractivity contribution in [2.75, 3.05) is 43.6 Å². The number of aliphatic hydroxyl groups is 1. The van der Waals surface area contributed by atoms with E-state index in [2.05, 4.69) is 22.5 Å². The fraction of sp³-hybridized carbons (Fsp3) is 0.393. The molecule has 3 aromatic rings. The maximum atomic E-state index is 14.8. The van der Waals surface area contributed by atoms with Gasteiger partial charge in [0.05, 0.1) is 40.5 Å². The monoisotopic (exact) mass is 643 g/mol. The molecule has 15 heteroatoms. The highest BCUT2D eigenvalue weighted by atomic mass is 32.2. The lowest BCUT2D eigenvalue weighted by atomic mass is 10.1. The van der Waals surface area contributed by atoms with E-state index in [0.29, 0.717) is 23.3 Å². The first kappa shape index (κ1) is 32.3. The van der Waals surface area contributed by atoms with Gasteiger partial charge in [0.1, 0.15) is 23.1 Å². The maximum absolute atomic E-state index is 14.8. The van der Waals surface area contributed by atoms with Gasteiger partial charge in [0.2, 0.25) is 5.91 Å². The Morgan fingerprint density at radius 2 is 1.95 bits per heavy atom. The highest BCUT2D eigenvalue weighted by Gasteiger charge is 2.31. The SMILES string of the molecule is CC(=O)NS(=O)(=O)c1cc(OCCO)c(NCC#Cc2sc3c(NC4CCOCC4)cccc3c2CC(F)(F)F)cc1F. The first-order valence-corrected chi connectivity index (χ1v) is 15.5. The average molecular weight is 644 g/mol. The van der Waals surface area contributed by atoms with E-state index < -0.39 is 45.8 Å². The van der Waals surface area contributed by atoms with Crippen LogP contribution in [-0.4, -0.2) is 64.6 Å². The molecule has 2 aromatic carbocycles. The molecule has 1 fully saturated rings. The molecule has 1 aliphatic heterocycles. The van der Waals surface area contributed by atoms with Crippen LogP contribution in [0.1, 0.15) is 30.2 Å². The highest BCUT2D eigenvalue weighted by Crippen LogP contribution is 2.39. The van der Waals surface area contributed by atoms with E-state index in [1.807, 2.05) is 6.07 Å². The Balaban J connectivity index is 1.62. The van der Waals surface area contributed by atoms with Gasteiger partial charge in [-0.05, 0) is 29.9 Å². The number of anilines is 2. The summed E-state index contributed by atoms with van der Waals surface area (Å²) in [5.74, 6) is 3.29. The average Bonchev–Trinajstić information content (AvgIpc) is 3.27. The molecule has 1 aliphatic rings. The molecule has 43 heavy (non-hydrogen) atoms. The number of thiophene rings is 1. The second kappa shape index (κ2) is 13.8. The highest BCUT2D eigenvalue weighted by molar-refractivity contribution is 7.90. The van der Waals surface area contributed by atoms with E-state index in [4.69, 9.17) is 14.6 Å². The molecular formula is C28H29F4N3O6S2. The number of amides is 1. The molecular weight excluding hydrogens is 614 g/mol. The third-order valence-corrected chi connectivity index (χ3v) is 8.94. The Labute approximate surface area is 249 Å². The van der Waals surface area contributed by atoms with Crippen LogP contribution in [0.2, 0.25) is 0 Å². The number of carbonyl (C=O) groups is 1. The Morgan fingerprint density at radius 1 is 1.21 bits per heavy atom. The van der Waals surface area contributed by atoms with Gasteiger partial charge in [-0.3, -0.25) is 4.79 Å². The number of ether oxygens (including phenoxy) is 2. The number of alkyl halides is 3. The molecule has 0 bridgehead atoms. The minimum atomic E-state index is -4.54. The van der Waals surface area contributed by atoms with Crippen LogP contribution >= 0.6 is 11.3 Å². The summed E-state index contributed by atoms with van der Waals surface area (Å²) < 4.78 is 93.2. The molecule has 4 N–H and O–H groups in total. The third kappa shape index (κ3) is 8.50. The Kier molecular flexibility index (Phi) is 10.4. The van der Waals surface area contributed by atoms with E-state index in [1.54, 1.807) is 16.9 Å². The molecule has 0 radical (unpaired) electrons. The number of nitrogens with one attached hydrogen (secondary N) is 3. The van der Waals surface area contributed by atoms with Crippen LogP contribution in [0.25, 0.3) is 10.1 Å². The second-order valence-corrected chi connectivity index (χ2v) is 12.3. The van der Waals surface area contributed by atoms with E-state index in [9.17, 15) is 30.8 Å². The van der Waals surface area contributed by atoms with Gasteiger partial charge in [0, 0.05) is 38.3 Å². The lowest BCUT2D eigenvalue weighted by Crippen LogP contribution is -2.29. The largest absolute Gasteiger partial charge is 0.489 e. The van der Waals surface area contributed by atoms with Crippen LogP contribution in [0, 0.1) is 17.7 Å². The zero-order valence-corrected chi connectivity index (χ0v) is 24.6. The summed E-state index contributed by atoms with van der Waals surface area (Å²) in [4.78, 5) is 10.6. The molecule has 1 amide bonds. The van der Waals surface area contributed by atoms with Gasteiger partial charge in [-0.1, -0.05) is 24.0 Å². The van der Waals surface area contributed by atoms with E-state index >= 15 is 0 Å². The van der Waals surface area contributed by atoms with Gasteiger partial charge in [-0.15, -0.1) is 11.3 Å². The van der Waals surface area contributed by atoms with Gasteiger partial charge < -0.3 is 25.2 Å². The molecule has 0 spiro atoms. The molecule has 1 aromatic heterocycles. The van der Waals surface area contributed by atoms with Gasteiger partial charge in [-0.25, -0.2) is 17.5 Å². The summed E-state index contributed by atoms with van der Waals surface area (Å²) >= 11 is 1.14. The Morgan fingerprint density at radius 3 is 2.63 bits per heavy atom. The third-order valence-electron chi connectivity index (χ3n) is 6.30. The van der Waals surface area contributed by atoms with Crippen molar-refractivity contribution in [1.82, 2.24) is 4.72 Å². The zero-order chi connectivity index (χ0) is 31.2. The molecule has 1 saturated heterocycles. The lowest BCUT2D eigenvalue weighted by Gasteiger charge is -2.24. The molecule has 0 saturated carbocycles. The Bertz CT molecular complexity index is 1640. The maximum Gasteiger partial charge on any atom is 0.393 e. The molecule has 0 atom stereocenters. The number of sulfonamides is 1. The van der Waals surface area contributed by atoms with Crippen molar-refractivity contribution in [2.24, 2.45) is 0 Å². The number of hydrogen-bond donors (Lipinski definition) is 4. The first-order valence-electron chi connectivity index (χ1n) is 13.2. The molecule has 4 rings (SSSR count). The fourth-order valence-corrected chi connectivity index (χ4v) is 6.72. The van der Waals surface area contributed by atoms with Crippen LogP contribution in [0.15, 0.2) is 35.2 Å². The van der Waals surface area contributed by atoms with Gasteiger partial charge in [-0.2, -0.15) is 13.2 Å². The molecule has 2 heterocycles. The number of rotatable bonds is 10. The molecule has 232 valence electrons. The number of aliphatic hydroxyl groups excluding tert-OH is 1. The van der Waals surface area contributed by atoms with Crippen LogP contribution in [0.5, 0.6) is 5.75 Å². The van der Waals surface area contributed by atoms with Gasteiger partial charge in [0.15, 0.2) is 0 Å². The first-order chi connectivity index (χ1) is 20.4. The molecule has 9 nitrogen and oxygen atoms in total. The number of halogens is 4. The van der Waals surface area contributed by atoms with Crippen molar-refractivity contribution >= 4 is 48.7 Å². The normalized spacial score (nSPS) is 14.2. The van der Waals surface area contributed by atoms with Crippen LogP contribution < -0.4 is 20.1 Å². The summed E-state index contributed by atoms with van der Waals surface area (Å²) in [6.45, 7) is 1.31. The quantitative estimate of drug-likeness (QED) is 0.189. The number of benzene rings is 2. The van der Waals surface area contributed by atoms with Crippen LogP contribution in [0.4, 0.5) is 28.9 Å². The summed E-state index contributed by atoms with van der Waals surface area (Å²) in [5, 5.41) is 15.8. The number of hydrogen-bond acceptors (Lipinski definition) is 9. The molecule has 0 aliphatic carbocycles. The van der Waals surface area contributed by atoms with Crippen LogP contribution in [0.3, 0.4) is 0 Å². The number of fused-ring (bicyclic) bond motifs is 1. The smallest absolute Gasteiger partial charge is 0.393 e. The van der Waals surface area contributed by atoms with Crippen molar-refractivity contribution in [2.45, 2.75) is 43.3 Å². The van der Waals surface area contributed by atoms with E-state index in [1.165, 1.54) is 0 Å². The summed E-state index contributed by atoms with van der Waals surface area (Å²) in [6, 6.07) is 6.97. The zero-order valence-electron chi connectivity index (χ0n) is 22.9.